The van der Waals surface area contributed by atoms with Crippen LogP contribution in [0.4, 0.5) is 0 Å². The van der Waals surface area contributed by atoms with E-state index in [9.17, 15) is 4.79 Å². The van der Waals surface area contributed by atoms with Gasteiger partial charge in [0.25, 0.3) is 5.91 Å². The highest BCUT2D eigenvalue weighted by Crippen LogP contribution is 2.20. The van der Waals surface area contributed by atoms with Crippen LogP contribution in [-0.2, 0) is 0 Å². The van der Waals surface area contributed by atoms with Gasteiger partial charge in [-0.05, 0) is 47.5 Å². The molecule has 0 aliphatic heterocycles. The number of hydrazone groups is 1. The van der Waals surface area contributed by atoms with Crippen molar-refractivity contribution >= 4 is 34.0 Å². The average molecular weight is 389 g/mol. The molecule has 0 spiro atoms. The predicted octanol–water partition coefficient (Wildman–Crippen LogP) is 5.04. The number of H-pyrrole nitrogens is 1. The lowest BCUT2D eigenvalue weighted by Gasteiger charge is -2.04. The molecule has 3 aromatic carbocycles. The Morgan fingerprint density at radius 3 is 2.54 bits per heavy atom. The van der Waals surface area contributed by atoms with Gasteiger partial charge in [0.2, 0.25) is 0 Å². The number of hydrogen-bond donors (Lipinski definition) is 2. The third-order valence-corrected chi connectivity index (χ3v) is 4.71. The third-order valence-electron chi connectivity index (χ3n) is 4.45. The summed E-state index contributed by atoms with van der Waals surface area (Å²) in [7, 11) is 0. The molecule has 0 aliphatic carbocycles. The number of carbonyl (C=O) groups excluding carboxylic acids is 1. The van der Waals surface area contributed by atoms with E-state index >= 15 is 0 Å². The van der Waals surface area contributed by atoms with Gasteiger partial charge < -0.3 is 0 Å². The fourth-order valence-electron chi connectivity index (χ4n) is 2.88. The number of fused-ring (bicyclic) bond motifs is 1. The summed E-state index contributed by atoms with van der Waals surface area (Å²) in [6.07, 6.45) is 0. The number of aromatic nitrogens is 2. The smallest absolute Gasteiger partial charge is 0.272 e. The maximum Gasteiger partial charge on any atom is 0.289 e. The van der Waals surface area contributed by atoms with Crippen molar-refractivity contribution in [3.63, 3.8) is 0 Å². The first kappa shape index (κ1) is 17.9. The second-order valence-corrected chi connectivity index (χ2v) is 6.81. The fourth-order valence-corrected chi connectivity index (χ4v) is 3.01. The first-order chi connectivity index (χ1) is 13.6. The summed E-state index contributed by atoms with van der Waals surface area (Å²) in [5, 5.41) is 14.1. The lowest BCUT2D eigenvalue weighted by molar-refractivity contribution is 0.0950. The molecule has 4 rings (SSSR count). The van der Waals surface area contributed by atoms with E-state index in [-0.39, 0.29) is 5.91 Å². The van der Waals surface area contributed by atoms with Crippen LogP contribution in [-0.4, -0.2) is 21.8 Å². The molecule has 0 atom stereocenters. The van der Waals surface area contributed by atoms with Crippen LogP contribution in [0.25, 0.3) is 22.0 Å². The Balaban J connectivity index is 1.49. The van der Waals surface area contributed by atoms with Gasteiger partial charge in [-0.1, -0.05) is 60.1 Å². The SMILES string of the molecule is CC(=NNC(=O)c1cc(-c2ccc(Cl)cc2)n[nH]1)c1ccc2ccccc2c1. The van der Waals surface area contributed by atoms with Gasteiger partial charge in [0.1, 0.15) is 5.69 Å². The normalized spacial score (nSPS) is 11.6. The van der Waals surface area contributed by atoms with E-state index in [1.807, 2.05) is 49.4 Å². The Morgan fingerprint density at radius 2 is 1.75 bits per heavy atom. The van der Waals surface area contributed by atoms with Crippen LogP contribution < -0.4 is 5.43 Å². The predicted molar refractivity (Wildman–Crippen MR) is 113 cm³/mol. The van der Waals surface area contributed by atoms with Gasteiger partial charge in [-0.3, -0.25) is 9.89 Å². The number of amides is 1. The van der Waals surface area contributed by atoms with Crippen molar-refractivity contribution < 1.29 is 4.79 Å². The molecule has 2 N–H and O–H groups in total. The Morgan fingerprint density at radius 1 is 1.00 bits per heavy atom. The van der Waals surface area contributed by atoms with Crippen molar-refractivity contribution in [2.45, 2.75) is 6.92 Å². The fraction of sp³-hybridized carbons (Fsp3) is 0.0455. The van der Waals surface area contributed by atoms with Crippen molar-refractivity contribution in [2.24, 2.45) is 5.10 Å². The standard InChI is InChI=1S/C22H17ClN4O/c1-14(17-7-6-15-4-2-3-5-18(15)12-17)24-27-22(28)21-13-20(25-26-21)16-8-10-19(23)11-9-16/h2-13H,1H3,(H,25,26)(H,27,28). The molecule has 5 nitrogen and oxygen atoms in total. The van der Waals surface area contributed by atoms with E-state index in [4.69, 9.17) is 11.6 Å². The largest absolute Gasteiger partial charge is 0.289 e. The number of aromatic amines is 1. The first-order valence-corrected chi connectivity index (χ1v) is 9.13. The van der Waals surface area contributed by atoms with E-state index in [0.717, 1.165) is 27.6 Å². The summed E-state index contributed by atoms with van der Waals surface area (Å²) in [6.45, 7) is 1.86. The Bertz CT molecular complexity index is 1180. The van der Waals surface area contributed by atoms with Crippen LogP contribution in [0.2, 0.25) is 5.02 Å². The number of hydrogen-bond acceptors (Lipinski definition) is 3. The maximum absolute atomic E-state index is 12.4. The molecular formula is C22H17ClN4O. The molecule has 0 radical (unpaired) electrons. The second kappa shape index (κ2) is 7.66. The molecule has 0 aliphatic rings. The van der Waals surface area contributed by atoms with Crippen LogP contribution in [0.3, 0.4) is 0 Å². The molecule has 4 aromatic rings. The molecule has 6 heteroatoms. The van der Waals surface area contributed by atoms with Gasteiger partial charge in [-0.2, -0.15) is 10.2 Å². The van der Waals surface area contributed by atoms with Gasteiger partial charge in [-0.25, -0.2) is 5.43 Å². The van der Waals surface area contributed by atoms with Crippen molar-refractivity contribution in [1.29, 1.82) is 0 Å². The van der Waals surface area contributed by atoms with E-state index in [2.05, 4.69) is 32.9 Å². The zero-order chi connectivity index (χ0) is 19.5. The first-order valence-electron chi connectivity index (χ1n) is 8.75. The summed E-state index contributed by atoms with van der Waals surface area (Å²) in [6, 6.07) is 23.1. The third kappa shape index (κ3) is 3.80. The van der Waals surface area contributed by atoms with Gasteiger partial charge in [0, 0.05) is 10.6 Å². The Hall–Kier alpha value is -3.44. The molecule has 138 valence electrons. The quantitative estimate of drug-likeness (QED) is 0.380. The van der Waals surface area contributed by atoms with Gasteiger partial charge in [0.05, 0.1) is 11.4 Å². The molecule has 0 fully saturated rings. The second-order valence-electron chi connectivity index (χ2n) is 6.37. The lowest BCUT2D eigenvalue weighted by atomic mass is 10.0. The summed E-state index contributed by atoms with van der Waals surface area (Å²) in [4.78, 5) is 12.4. The molecule has 0 bridgehead atoms. The minimum absolute atomic E-state index is 0.333. The lowest BCUT2D eigenvalue weighted by Crippen LogP contribution is -2.19. The van der Waals surface area contributed by atoms with E-state index in [0.29, 0.717) is 16.4 Å². The van der Waals surface area contributed by atoms with Crippen molar-refractivity contribution in [1.82, 2.24) is 15.6 Å². The average Bonchev–Trinajstić information content (AvgIpc) is 3.22. The molecule has 1 heterocycles. The minimum Gasteiger partial charge on any atom is -0.272 e. The minimum atomic E-state index is -0.354. The van der Waals surface area contributed by atoms with Crippen molar-refractivity contribution in [3.05, 3.63) is 89.1 Å². The molecule has 28 heavy (non-hydrogen) atoms. The number of rotatable bonds is 4. The topological polar surface area (TPSA) is 70.1 Å². The molecule has 1 amide bonds. The molecule has 0 saturated carbocycles. The van der Waals surface area contributed by atoms with Gasteiger partial charge >= 0.3 is 0 Å². The van der Waals surface area contributed by atoms with E-state index in [1.54, 1.807) is 18.2 Å². The highest BCUT2D eigenvalue weighted by atomic mass is 35.5. The Kier molecular flexibility index (Phi) is 4.91. The summed E-state index contributed by atoms with van der Waals surface area (Å²) >= 11 is 5.90. The zero-order valence-electron chi connectivity index (χ0n) is 15.1. The van der Waals surface area contributed by atoms with Crippen LogP contribution >= 0.6 is 11.6 Å². The number of carbonyl (C=O) groups is 1. The van der Waals surface area contributed by atoms with Crippen LogP contribution in [0, 0.1) is 0 Å². The highest BCUT2D eigenvalue weighted by molar-refractivity contribution is 6.30. The number of nitrogens with zero attached hydrogens (tertiary/aromatic N) is 2. The number of benzene rings is 3. The van der Waals surface area contributed by atoms with E-state index < -0.39 is 0 Å². The number of halogens is 1. The van der Waals surface area contributed by atoms with Gasteiger partial charge in [0.15, 0.2) is 0 Å². The van der Waals surface area contributed by atoms with Crippen LogP contribution in [0.15, 0.2) is 77.9 Å². The molecular weight excluding hydrogens is 372 g/mol. The highest BCUT2D eigenvalue weighted by Gasteiger charge is 2.11. The van der Waals surface area contributed by atoms with Crippen LogP contribution in [0.1, 0.15) is 23.0 Å². The van der Waals surface area contributed by atoms with E-state index in [1.165, 1.54) is 0 Å². The summed E-state index contributed by atoms with van der Waals surface area (Å²) in [5.74, 6) is -0.354. The maximum atomic E-state index is 12.4. The monoisotopic (exact) mass is 388 g/mol. The molecule has 0 unspecified atom stereocenters. The molecule has 1 aromatic heterocycles. The van der Waals surface area contributed by atoms with Crippen molar-refractivity contribution in [2.75, 3.05) is 0 Å². The Labute approximate surface area is 167 Å². The van der Waals surface area contributed by atoms with Gasteiger partial charge in [-0.15, -0.1) is 0 Å². The summed E-state index contributed by atoms with van der Waals surface area (Å²) < 4.78 is 0. The summed E-state index contributed by atoms with van der Waals surface area (Å²) in [5.41, 5.74) is 6.11. The zero-order valence-corrected chi connectivity index (χ0v) is 15.9. The van der Waals surface area contributed by atoms with Crippen molar-refractivity contribution in [3.8, 4) is 11.3 Å². The van der Waals surface area contributed by atoms with Crippen LogP contribution in [0.5, 0.6) is 0 Å². The number of nitrogens with one attached hydrogen (secondary N) is 2. The molecule has 0 saturated heterocycles.